The number of aryl methyl sites for hydroxylation is 2. The Labute approximate surface area is 124 Å². The lowest BCUT2D eigenvalue weighted by Crippen LogP contribution is -2.20. The standard InChI is InChI=1S/C12H15F3N6O/c1-7-10(8(2)20(3)19-7)18-11(22)17-9-4-16-21(5-9)6-12(13,14)15/h4-5H,6H2,1-3H3,(H2,17,18,22). The van der Waals surface area contributed by atoms with Gasteiger partial charge in [-0.05, 0) is 13.8 Å². The van der Waals surface area contributed by atoms with Crippen LogP contribution in [0.3, 0.4) is 0 Å². The third-order valence-corrected chi connectivity index (χ3v) is 2.98. The molecule has 2 rings (SSSR count). The molecule has 0 aliphatic carbocycles. The first kappa shape index (κ1) is 15.9. The van der Waals surface area contributed by atoms with Gasteiger partial charge in [0.2, 0.25) is 0 Å². The van der Waals surface area contributed by atoms with Crippen LogP contribution >= 0.6 is 0 Å². The number of aromatic nitrogens is 4. The molecule has 2 amide bonds. The number of alkyl halides is 3. The van der Waals surface area contributed by atoms with E-state index in [0.717, 1.165) is 18.1 Å². The molecule has 0 atom stereocenters. The van der Waals surface area contributed by atoms with E-state index in [1.807, 2.05) is 0 Å². The molecule has 0 aliphatic heterocycles. The van der Waals surface area contributed by atoms with Crippen molar-refractivity contribution in [1.82, 2.24) is 19.6 Å². The topological polar surface area (TPSA) is 76.8 Å². The fourth-order valence-corrected chi connectivity index (χ4v) is 1.93. The highest BCUT2D eigenvalue weighted by atomic mass is 19.4. The summed E-state index contributed by atoms with van der Waals surface area (Å²) in [6, 6.07) is -0.578. The maximum absolute atomic E-state index is 12.2. The van der Waals surface area contributed by atoms with E-state index >= 15 is 0 Å². The van der Waals surface area contributed by atoms with Gasteiger partial charge < -0.3 is 10.6 Å². The molecule has 0 saturated carbocycles. The van der Waals surface area contributed by atoms with Gasteiger partial charge in [0.15, 0.2) is 0 Å². The average Bonchev–Trinajstić information content (AvgIpc) is 2.87. The van der Waals surface area contributed by atoms with Crippen LogP contribution in [0.15, 0.2) is 12.4 Å². The van der Waals surface area contributed by atoms with Crippen molar-refractivity contribution in [3.8, 4) is 0 Å². The summed E-state index contributed by atoms with van der Waals surface area (Å²) in [4.78, 5) is 11.9. The number of urea groups is 1. The lowest BCUT2D eigenvalue weighted by molar-refractivity contribution is -0.142. The maximum Gasteiger partial charge on any atom is 0.408 e. The fourth-order valence-electron chi connectivity index (χ4n) is 1.93. The molecule has 0 fully saturated rings. The Morgan fingerprint density at radius 2 is 2.00 bits per heavy atom. The molecule has 0 radical (unpaired) electrons. The third-order valence-electron chi connectivity index (χ3n) is 2.98. The summed E-state index contributed by atoms with van der Waals surface area (Å²) >= 11 is 0. The minimum Gasteiger partial charge on any atom is -0.305 e. The van der Waals surface area contributed by atoms with E-state index in [9.17, 15) is 18.0 Å². The van der Waals surface area contributed by atoms with Crippen molar-refractivity contribution >= 4 is 17.4 Å². The zero-order chi connectivity index (χ0) is 16.5. The zero-order valence-electron chi connectivity index (χ0n) is 12.2. The van der Waals surface area contributed by atoms with Crippen LogP contribution in [-0.4, -0.2) is 31.8 Å². The summed E-state index contributed by atoms with van der Waals surface area (Å²) in [5.74, 6) is 0. The van der Waals surface area contributed by atoms with Crippen LogP contribution in [0.1, 0.15) is 11.4 Å². The van der Waals surface area contributed by atoms with Crippen molar-refractivity contribution in [1.29, 1.82) is 0 Å². The molecule has 2 aromatic rings. The van der Waals surface area contributed by atoms with Gasteiger partial charge in [0.25, 0.3) is 0 Å². The number of hydrogen-bond acceptors (Lipinski definition) is 3. The number of hydrogen-bond donors (Lipinski definition) is 2. The Hall–Kier alpha value is -2.52. The number of carbonyl (C=O) groups excluding carboxylic acids is 1. The molecule has 2 N–H and O–H groups in total. The Morgan fingerprint density at radius 1 is 1.32 bits per heavy atom. The summed E-state index contributed by atoms with van der Waals surface area (Å²) in [5.41, 5.74) is 2.13. The van der Waals surface area contributed by atoms with Crippen molar-refractivity contribution < 1.29 is 18.0 Å². The molecule has 120 valence electrons. The Kier molecular flexibility index (Phi) is 4.11. The van der Waals surface area contributed by atoms with Gasteiger partial charge >= 0.3 is 12.2 Å². The van der Waals surface area contributed by atoms with Crippen LogP contribution in [0.25, 0.3) is 0 Å². The minimum atomic E-state index is -4.37. The van der Waals surface area contributed by atoms with Crippen molar-refractivity contribution in [3.63, 3.8) is 0 Å². The molecular formula is C12H15F3N6O. The summed E-state index contributed by atoms with van der Waals surface area (Å²) in [5, 5.41) is 12.7. The summed E-state index contributed by atoms with van der Waals surface area (Å²) < 4.78 is 39.0. The number of anilines is 2. The molecule has 7 nitrogen and oxygen atoms in total. The van der Waals surface area contributed by atoms with Gasteiger partial charge in [-0.25, -0.2) is 4.79 Å². The predicted octanol–water partition coefficient (Wildman–Crippen LogP) is 2.44. The number of nitrogens with zero attached hydrogens (tertiary/aromatic N) is 4. The second kappa shape index (κ2) is 5.70. The van der Waals surface area contributed by atoms with E-state index in [0.29, 0.717) is 16.1 Å². The fraction of sp³-hybridized carbons (Fsp3) is 0.417. The van der Waals surface area contributed by atoms with Crippen LogP contribution in [0.4, 0.5) is 29.3 Å². The van der Waals surface area contributed by atoms with Crippen LogP contribution in [0, 0.1) is 13.8 Å². The summed E-state index contributed by atoms with van der Waals surface area (Å²) in [7, 11) is 1.74. The van der Waals surface area contributed by atoms with Crippen molar-refractivity contribution in [2.24, 2.45) is 7.05 Å². The Morgan fingerprint density at radius 3 is 2.55 bits per heavy atom. The minimum absolute atomic E-state index is 0.168. The first-order valence-electron chi connectivity index (χ1n) is 6.33. The van der Waals surface area contributed by atoms with E-state index in [1.54, 1.807) is 25.6 Å². The molecule has 0 saturated heterocycles. The molecule has 0 aromatic carbocycles. The molecule has 0 bridgehead atoms. The van der Waals surface area contributed by atoms with Gasteiger partial charge in [-0.2, -0.15) is 23.4 Å². The second-order valence-corrected chi connectivity index (χ2v) is 4.79. The van der Waals surface area contributed by atoms with Gasteiger partial charge in [-0.1, -0.05) is 0 Å². The summed E-state index contributed by atoms with van der Waals surface area (Å²) in [6.07, 6.45) is -2.11. The SMILES string of the molecule is Cc1nn(C)c(C)c1NC(=O)Nc1cnn(CC(F)(F)F)c1. The molecule has 0 aliphatic rings. The molecule has 2 aromatic heterocycles. The molecule has 0 spiro atoms. The number of amides is 2. The molecule has 0 unspecified atom stereocenters. The van der Waals surface area contributed by atoms with Gasteiger partial charge in [0.1, 0.15) is 6.54 Å². The summed E-state index contributed by atoms with van der Waals surface area (Å²) in [6.45, 7) is 2.32. The molecule has 10 heteroatoms. The van der Waals surface area contributed by atoms with Crippen molar-refractivity contribution in [3.05, 3.63) is 23.8 Å². The van der Waals surface area contributed by atoms with Crippen molar-refractivity contribution in [2.75, 3.05) is 10.6 Å². The van der Waals surface area contributed by atoms with Gasteiger partial charge in [0, 0.05) is 13.2 Å². The highest BCUT2D eigenvalue weighted by Gasteiger charge is 2.28. The first-order valence-corrected chi connectivity index (χ1v) is 6.33. The van der Waals surface area contributed by atoms with Crippen LogP contribution in [0.5, 0.6) is 0 Å². The smallest absolute Gasteiger partial charge is 0.305 e. The monoisotopic (exact) mass is 316 g/mol. The van der Waals surface area contributed by atoms with Crippen molar-refractivity contribution in [2.45, 2.75) is 26.6 Å². The average molecular weight is 316 g/mol. The third kappa shape index (κ3) is 3.77. The van der Waals surface area contributed by atoms with Gasteiger partial charge in [0.05, 0.1) is 29.0 Å². The number of rotatable bonds is 3. The molecule has 2 heterocycles. The lowest BCUT2D eigenvalue weighted by Gasteiger charge is -2.07. The van der Waals surface area contributed by atoms with Gasteiger partial charge in [-0.15, -0.1) is 0 Å². The van der Waals surface area contributed by atoms with Gasteiger partial charge in [-0.3, -0.25) is 9.36 Å². The Balaban J connectivity index is 2.01. The number of nitrogens with one attached hydrogen (secondary N) is 2. The number of carbonyl (C=O) groups is 1. The molecule has 22 heavy (non-hydrogen) atoms. The van der Waals surface area contributed by atoms with E-state index < -0.39 is 18.8 Å². The second-order valence-electron chi connectivity index (χ2n) is 4.79. The number of halogens is 3. The van der Waals surface area contributed by atoms with E-state index in [-0.39, 0.29) is 5.69 Å². The largest absolute Gasteiger partial charge is 0.408 e. The lowest BCUT2D eigenvalue weighted by atomic mass is 10.3. The maximum atomic E-state index is 12.2. The highest BCUT2D eigenvalue weighted by molar-refractivity contribution is 6.00. The highest BCUT2D eigenvalue weighted by Crippen LogP contribution is 2.20. The van der Waals surface area contributed by atoms with Crippen LogP contribution < -0.4 is 10.6 Å². The Bertz CT molecular complexity index is 688. The normalized spacial score (nSPS) is 11.5. The van der Waals surface area contributed by atoms with Crippen LogP contribution in [-0.2, 0) is 13.6 Å². The van der Waals surface area contributed by atoms with Crippen LogP contribution in [0.2, 0.25) is 0 Å². The molecular weight excluding hydrogens is 301 g/mol. The van der Waals surface area contributed by atoms with E-state index in [1.165, 1.54) is 0 Å². The first-order chi connectivity index (χ1) is 10.2. The quantitative estimate of drug-likeness (QED) is 0.913. The van der Waals surface area contributed by atoms with E-state index in [4.69, 9.17) is 0 Å². The predicted molar refractivity (Wildman–Crippen MR) is 73.6 cm³/mol. The zero-order valence-corrected chi connectivity index (χ0v) is 12.2. The van der Waals surface area contributed by atoms with E-state index in [2.05, 4.69) is 20.8 Å².